The number of hydrogen-bond donors (Lipinski definition) is 3. The first-order valence-corrected chi connectivity index (χ1v) is 16.5. The van der Waals surface area contributed by atoms with Crippen LogP contribution in [-0.2, 0) is 4.74 Å². The molecule has 0 radical (unpaired) electrons. The molecule has 4 saturated carbocycles. The topological polar surface area (TPSA) is 96.6 Å². The van der Waals surface area contributed by atoms with Crippen molar-refractivity contribution in [2.24, 2.45) is 46.3 Å². The maximum Gasteiger partial charge on any atom is 0.351 e. The second kappa shape index (κ2) is 11.0. The highest BCUT2D eigenvalue weighted by Gasteiger charge is 2.60. The summed E-state index contributed by atoms with van der Waals surface area (Å²) in [6.07, 6.45) is 14.8. The normalized spacial score (nSPS) is 45.4. The molecular weight excluding hydrogens is 502 g/mol. The van der Waals surface area contributed by atoms with Crippen LogP contribution >= 0.6 is 0 Å². The second-order valence-electron chi connectivity index (χ2n) is 14.9. The Hall–Kier alpha value is -1.44. The van der Waals surface area contributed by atoms with Gasteiger partial charge in [0.1, 0.15) is 18.1 Å². The number of aliphatic hydroxyl groups excluding tert-OH is 2. The smallest absolute Gasteiger partial charge is 0.351 e. The van der Waals surface area contributed by atoms with Crippen molar-refractivity contribution in [2.45, 2.75) is 129 Å². The van der Waals surface area contributed by atoms with Crippen molar-refractivity contribution in [3.63, 3.8) is 0 Å². The molecule has 224 valence electrons. The summed E-state index contributed by atoms with van der Waals surface area (Å²) in [5.41, 5.74) is 0.621. The Labute approximate surface area is 240 Å². The number of rotatable bonds is 7. The summed E-state index contributed by atoms with van der Waals surface area (Å²) in [5.74, 6) is 5.88. The van der Waals surface area contributed by atoms with Gasteiger partial charge in [0.25, 0.3) is 0 Å². The van der Waals surface area contributed by atoms with Crippen molar-refractivity contribution in [3.05, 3.63) is 22.7 Å². The predicted octanol–water partition coefficient (Wildman–Crippen LogP) is 5.76. The molecule has 40 heavy (non-hydrogen) atoms. The van der Waals surface area contributed by atoms with E-state index in [2.05, 4.69) is 38.0 Å². The van der Waals surface area contributed by atoms with Gasteiger partial charge in [-0.2, -0.15) is 4.98 Å². The molecule has 1 aromatic rings. The number of ether oxygens (including phenoxy) is 1. The van der Waals surface area contributed by atoms with E-state index in [-0.39, 0.29) is 18.7 Å². The van der Waals surface area contributed by atoms with Crippen molar-refractivity contribution in [1.82, 2.24) is 9.55 Å². The molecule has 0 amide bonds. The van der Waals surface area contributed by atoms with Crippen LogP contribution in [0.3, 0.4) is 0 Å². The first-order chi connectivity index (χ1) is 19.2. The average molecular weight is 556 g/mol. The third kappa shape index (κ3) is 4.76. The summed E-state index contributed by atoms with van der Waals surface area (Å²) in [5, 5.41) is 23.0. The van der Waals surface area contributed by atoms with E-state index < -0.39 is 18.4 Å². The van der Waals surface area contributed by atoms with Crippen LogP contribution in [0.25, 0.3) is 0 Å². The van der Waals surface area contributed by atoms with Crippen molar-refractivity contribution in [1.29, 1.82) is 0 Å². The van der Waals surface area contributed by atoms with Crippen LogP contribution in [0.4, 0.5) is 5.82 Å². The lowest BCUT2D eigenvalue weighted by Gasteiger charge is -2.61. The number of anilines is 1. The Morgan fingerprint density at radius 1 is 1.10 bits per heavy atom. The molecule has 6 rings (SSSR count). The molecule has 0 spiro atoms. The third-order valence-electron chi connectivity index (χ3n) is 13.0. The van der Waals surface area contributed by atoms with Gasteiger partial charge in [-0.1, -0.05) is 40.5 Å². The Morgan fingerprint density at radius 3 is 2.60 bits per heavy atom. The lowest BCUT2D eigenvalue weighted by atomic mass is 9.44. The third-order valence-corrected chi connectivity index (χ3v) is 13.0. The van der Waals surface area contributed by atoms with Crippen molar-refractivity contribution in [2.75, 3.05) is 11.9 Å². The maximum absolute atomic E-state index is 12.8. The summed E-state index contributed by atoms with van der Waals surface area (Å²) in [6, 6.07) is 2.20. The van der Waals surface area contributed by atoms with Crippen molar-refractivity contribution in [3.8, 4) is 0 Å². The fraction of sp³-hybridized carbons (Fsp3) is 0.879. The van der Waals surface area contributed by atoms with Crippen LogP contribution in [0.15, 0.2) is 17.1 Å². The minimum Gasteiger partial charge on any atom is -0.394 e. The number of aromatic nitrogens is 2. The molecular formula is C33H53N3O4. The number of nitrogens with zero attached hydrogens (tertiary/aromatic N) is 2. The zero-order valence-corrected chi connectivity index (χ0v) is 25.2. The standard InChI is InChI=1S/C33H53N3O4/c1-5-6-20(2)24-9-10-25-23-8-7-21-17-22(11-14-32(21,3)26(23)12-15-33(24,25)4)34-29-13-16-36(31(39)35-29)30-18-27(38)28(19-37)40-30/h13,16,20-28,30,37-38H,5-12,14-15,17-19H2,1-4H3,(H,34,35,39)/t20-,21?,22?,23?,24-,25?,26?,27+,28-,30-,32+,33-/m1/s1. The van der Waals surface area contributed by atoms with E-state index in [1.165, 1.54) is 68.8 Å². The molecule has 5 aliphatic rings. The monoisotopic (exact) mass is 555 g/mol. The fourth-order valence-corrected chi connectivity index (χ4v) is 11.0. The van der Waals surface area contributed by atoms with Crippen LogP contribution in [0.2, 0.25) is 0 Å². The van der Waals surface area contributed by atoms with Crippen LogP contribution in [0.5, 0.6) is 0 Å². The molecule has 1 aromatic heterocycles. The molecule has 5 fully saturated rings. The lowest BCUT2D eigenvalue weighted by molar-refractivity contribution is -0.115. The highest BCUT2D eigenvalue weighted by Crippen LogP contribution is 2.68. The van der Waals surface area contributed by atoms with Gasteiger partial charge in [-0.25, -0.2) is 4.79 Å². The van der Waals surface area contributed by atoms with E-state index >= 15 is 0 Å². The largest absolute Gasteiger partial charge is 0.394 e. The highest BCUT2D eigenvalue weighted by molar-refractivity contribution is 5.34. The van der Waals surface area contributed by atoms with Crippen LogP contribution in [0, 0.1) is 46.3 Å². The summed E-state index contributed by atoms with van der Waals surface area (Å²) >= 11 is 0. The Morgan fingerprint density at radius 2 is 1.88 bits per heavy atom. The van der Waals surface area contributed by atoms with Crippen molar-refractivity contribution < 1.29 is 14.9 Å². The Kier molecular flexibility index (Phi) is 7.88. The minimum absolute atomic E-state index is 0.262. The van der Waals surface area contributed by atoms with Crippen LogP contribution in [0.1, 0.15) is 111 Å². The zero-order valence-electron chi connectivity index (χ0n) is 25.2. The van der Waals surface area contributed by atoms with Gasteiger partial charge in [0, 0.05) is 18.7 Å². The molecule has 3 N–H and O–H groups in total. The van der Waals surface area contributed by atoms with E-state index in [1.807, 2.05) is 6.07 Å². The lowest BCUT2D eigenvalue weighted by Crippen LogP contribution is -2.54. The molecule has 12 atom stereocenters. The molecule has 1 saturated heterocycles. The molecule has 0 bridgehead atoms. The first-order valence-electron chi connectivity index (χ1n) is 16.5. The minimum atomic E-state index is -0.774. The van der Waals surface area contributed by atoms with E-state index in [9.17, 15) is 15.0 Å². The zero-order chi connectivity index (χ0) is 28.2. The molecule has 0 aromatic carbocycles. The van der Waals surface area contributed by atoms with Gasteiger partial charge < -0.3 is 20.3 Å². The molecule has 2 heterocycles. The van der Waals surface area contributed by atoms with E-state index in [0.29, 0.717) is 22.7 Å². The molecule has 7 nitrogen and oxygen atoms in total. The quantitative estimate of drug-likeness (QED) is 0.396. The van der Waals surface area contributed by atoms with Gasteiger partial charge >= 0.3 is 5.69 Å². The molecule has 4 aliphatic carbocycles. The van der Waals surface area contributed by atoms with Gasteiger partial charge in [0.15, 0.2) is 0 Å². The van der Waals surface area contributed by atoms with Crippen LogP contribution in [-0.4, -0.2) is 44.6 Å². The van der Waals surface area contributed by atoms with Crippen LogP contribution < -0.4 is 11.0 Å². The average Bonchev–Trinajstić information content (AvgIpc) is 3.48. The fourth-order valence-electron chi connectivity index (χ4n) is 11.0. The highest BCUT2D eigenvalue weighted by atomic mass is 16.5. The number of hydrogen-bond acceptors (Lipinski definition) is 6. The summed E-state index contributed by atoms with van der Waals surface area (Å²) in [6.45, 7) is 9.94. The van der Waals surface area contributed by atoms with E-state index in [1.54, 1.807) is 6.20 Å². The van der Waals surface area contributed by atoms with Gasteiger partial charge in [0.2, 0.25) is 0 Å². The Balaban J connectivity index is 1.10. The predicted molar refractivity (Wildman–Crippen MR) is 157 cm³/mol. The maximum atomic E-state index is 12.8. The van der Waals surface area contributed by atoms with Gasteiger partial charge in [-0.15, -0.1) is 0 Å². The van der Waals surface area contributed by atoms with E-state index in [4.69, 9.17) is 4.74 Å². The Bertz CT molecular complexity index is 1110. The number of fused-ring (bicyclic) bond motifs is 5. The number of aliphatic hydroxyl groups is 2. The molecule has 1 aliphatic heterocycles. The number of nitrogens with one attached hydrogen (secondary N) is 1. The summed E-state index contributed by atoms with van der Waals surface area (Å²) < 4.78 is 7.08. The SMILES string of the molecule is CCC[C@@H](C)[C@H]1CCC2C3CCC4CC(Nc5ccn([C@H]6C[C@H](O)[C@@H](CO)O6)c(=O)n5)CC[C@]4(C)C3CC[C@@]21C. The van der Waals surface area contributed by atoms with Crippen molar-refractivity contribution >= 4 is 5.82 Å². The van der Waals surface area contributed by atoms with Gasteiger partial charge in [0.05, 0.1) is 12.7 Å². The molecule has 5 unspecified atom stereocenters. The first kappa shape index (κ1) is 28.7. The second-order valence-corrected chi connectivity index (χ2v) is 14.9. The summed E-state index contributed by atoms with van der Waals surface area (Å²) in [4.78, 5) is 17.1. The molecule has 7 heteroatoms. The van der Waals surface area contributed by atoms with Gasteiger partial charge in [-0.05, 0) is 110 Å². The summed E-state index contributed by atoms with van der Waals surface area (Å²) in [7, 11) is 0. The van der Waals surface area contributed by atoms with E-state index in [0.717, 1.165) is 41.9 Å². The van der Waals surface area contributed by atoms with Gasteiger partial charge in [-0.3, -0.25) is 4.57 Å².